The Bertz CT molecular complexity index is 756. The topological polar surface area (TPSA) is 70.2 Å². The number of thiophene rings is 1. The SMILES string of the molecule is CCC(=O)N1C[C@@H]2OC(=O)N(C3CCN(C(=O)c4sccc4C)CC3)[C@@H]2C1. The fourth-order valence-electron chi connectivity index (χ4n) is 4.40. The lowest BCUT2D eigenvalue weighted by atomic mass is 10.0. The van der Waals surface area contributed by atoms with Crippen LogP contribution in [0.4, 0.5) is 4.79 Å². The summed E-state index contributed by atoms with van der Waals surface area (Å²) < 4.78 is 5.54. The highest BCUT2D eigenvalue weighted by atomic mass is 32.1. The summed E-state index contributed by atoms with van der Waals surface area (Å²) in [6.07, 6.45) is 1.47. The number of fused-ring (bicyclic) bond motifs is 1. The van der Waals surface area contributed by atoms with Crippen LogP contribution in [0.5, 0.6) is 0 Å². The van der Waals surface area contributed by atoms with E-state index in [0.717, 1.165) is 23.3 Å². The van der Waals surface area contributed by atoms with Gasteiger partial charge in [-0.2, -0.15) is 0 Å². The van der Waals surface area contributed by atoms with Gasteiger partial charge in [0.15, 0.2) is 0 Å². The minimum absolute atomic E-state index is 0.0557. The van der Waals surface area contributed by atoms with Crippen LogP contribution in [0.15, 0.2) is 11.4 Å². The number of nitrogens with zero attached hydrogens (tertiary/aromatic N) is 3. The van der Waals surface area contributed by atoms with E-state index in [4.69, 9.17) is 4.74 Å². The van der Waals surface area contributed by atoms with E-state index in [-0.39, 0.29) is 36.1 Å². The van der Waals surface area contributed by atoms with Crippen molar-refractivity contribution in [2.24, 2.45) is 0 Å². The first-order valence-corrected chi connectivity index (χ1v) is 10.5. The van der Waals surface area contributed by atoms with Gasteiger partial charge in [-0.05, 0) is 36.8 Å². The Morgan fingerprint density at radius 3 is 2.59 bits per heavy atom. The monoisotopic (exact) mass is 391 g/mol. The summed E-state index contributed by atoms with van der Waals surface area (Å²) in [5.41, 5.74) is 1.02. The van der Waals surface area contributed by atoms with Gasteiger partial charge in [0.25, 0.3) is 5.91 Å². The molecule has 3 aliphatic heterocycles. The Morgan fingerprint density at radius 1 is 1.22 bits per heavy atom. The van der Waals surface area contributed by atoms with Crippen molar-refractivity contribution in [2.45, 2.75) is 51.3 Å². The third kappa shape index (κ3) is 3.20. The van der Waals surface area contributed by atoms with E-state index in [1.165, 1.54) is 11.3 Å². The lowest BCUT2D eigenvalue weighted by Gasteiger charge is -2.37. The highest BCUT2D eigenvalue weighted by Crippen LogP contribution is 2.32. The van der Waals surface area contributed by atoms with E-state index in [9.17, 15) is 14.4 Å². The molecule has 146 valence electrons. The Balaban J connectivity index is 1.39. The zero-order valence-corrected chi connectivity index (χ0v) is 16.5. The molecule has 3 saturated heterocycles. The number of carbonyl (C=O) groups excluding carboxylic acids is 3. The van der Waals surface area contributed by atoms with Crippen molar-refractivity contribution in [2.75, 3.05) is 26.2 Å². The number of piperidine rings is 1. The molecule has 3 amide bonds. The molecule has 1 aromatic rings. The van der Waals surface area contributed by atoms with Gasteiger partial charge >= 0.3 is 6.09 Å². The van der Waals surface area contributed by atoms with Crippen LogP contribution in [0.1, 0.15) is 41.4 Å². The molecule has 1 aromatic heterocycles. The Hall–Kier alpha value is -2.09. The van der Waals surface area contributed by atoms with Crippen LogP contribution in [0, 0.1) is 6.92 Å². The maximum Gasteiger partial charge on any atom is 0.410 e. The van der Waals surface area contributed by atoms with Crippen LogP contribution in [0.3, 0.4) is 0 Å². The molecule has 7 nitrogen and oxygen atoms in total. The molecular formula is C19H25N3O4S. The maximum atomic E-state index is 12.7. The molecule has 0 unspecified atom stereocenters. The van der Waals surface area contributed by atoms with E-state index >= 15 is 0 Å². The van der Waals surface area contributed by atoms with Gasteiger partial charge in [0.2, 0.25) is 5.91 Å². The first-order valence-electron chi connectivity index (χ1n) is 9.59. The fourth-order valence-corrected chi connectivity index (χ4v) is 5.29. The van der Waals surface area contributed by atoms with Gasteiger partial charge in [-0.3, -0.25) is 14.5 Å². The van der Waals surface area contributed by atoms with Crippen molar-refractivity contribution >= 4 is 29.2 Å². The Morgan fingerprint density at radius 2 is 1.96 bits per heavy atom. The molecular weight excluding hydrogens is 366 g/mol. The number of amides is 3. The van der Waals surface area contributed by atoms with Gasteiger partial charge in [0, 0.05) is 32.1 Å². The van der Waals surface area contributed by atoms with Crippen LogP contribution >= 0.6 is 11.3 Å². The van der Waals surface area contributed by atoms with Gasteiger partial charge in [0.1, 0.15) is 6.10 Å². The van der Waals surface area contributed by atoms with Crippen LogP contribution in [0.2, 0.25) is 0 Å². The standard InChI is InChI=1S/C19H25N3O4S/c1-3-16(23)21-10-14-15(11-21)26-19(25)22(14)13-4-7-20(8-5-13)18(24)17-12(2)6-9-27-17/h6,9,13-15H,3-5,7-8,10-11H2,1-2H3/t14-,15+/m1/s1. The van der Waals surface area contributed by atoms with Gasteiger partial charge in [-0.1, -0.05) is 6.92 Å². The fraction of sp³-hybridized carbons (Fsp3) is 0.632. The van der Waals surface area contributed by atoms with Crippen LogP contribution in [0.25, 0.3) is 0 Å². The second-order valence-electron chi connectivity index (χ2n) is 7.51. The molecule has 27 heavy (non-hydrogen) atoms. The number of carbonyl (C=O) groups is 3. The van der Waals surface area contributed by atoms with Crippen LogP contribution in [-0.2, 0) is 9.53 Å². The van der Waals surface area contributed by atoms with E-state index in [0.29, 0.717) is 32.6 Å². The predicted molar refractivity (Wildman–Crippen MR) is 101 cm³/mol. The van der Waals surface area contributed by atoms with Gasteiger partial charge in [-0.25, -0.2) is 4.79 Å². The molecule has 0 radical (unpaired) electrons. The van der Waals surface area contributed by atoms with Gasteiger partial charge in [-0.15, -0.1) is 11.3 Å². The summed E-state index contributed by atoms with van der Waals surface area (Å²) in [6.45, 7) is 6.13. The van der Waals surface area contributed by atoms with Crippen molar-refractivity contribution in [3.05, 3.63) is 21.9 Å². The lowest BCUT2D eigenvalue weighted by molar-refractivity contribution is -0.130. The maximum absolute atomic E-state index is 12.7. The molecule has 8 heteroatoms. The summed E-state index contributed by atoms with van der Waals surface area (Å²) >= 11 is 1.48. The number of aryl methyl sites for hydroxylation is 1. The summed E-state index contributed by atoms with van der Waals surface area (Å²) in [5, 5.41) is 1.94. The molecule has 0 aromatic carbocycles. The van der Waals surface area contributed by atoms with E-state index in [2.05, 4.69) is 0 Å². The minimum atomic E-state index is -0.271. The molecule has 3 aliphatic rings. The van der Waals surface area contributed by atoms with Crippen molar-refractivity contribution in [3.8, 4) is 0 Å². The second kappa shape index (κ2) is 7.14. The first kappa shape index (κ1) is 18.3. The predicted octanol–water partition coefficient (Wildman–Crippen LogP) is 2.10. The smallest absolute Gasteiger partial charge is 0.410 e. The average Bonchev–Trinajstić information content (AvgIpc) is 3.34. The summed E-state index contributed by atoms with van der Waals surface area (Å²) in [7, 11) is 0. The zero-order chi connectivity index (χ0) is 19.1. The lowest BCUT2D eigenvalue weighted by Crippen LogP contribution is -2.51. The third-order valence-electron chi connectivity index (χ3n) is 5.91. The number of likely N-dealkylation sites (tertiary alicyclic amines) is 2. The summed E-state index contributed by atoms with van der Waals surface area (Å²) in [4.78, 5) is 43.4. The molecule has 3 fully saturated rings. The van der Waals surface area contributed by atoms with Crippen molar-refractivity contribution in [3.63, 3.8) is 0 Å². The molecule has 0 saturated carbocycles. The largest absolute Gasteiger partial charge is 0.442 e. The number of ether oxygens (including phenoxy) is 1. The number of hydrogen-bond donors (Lipinski definition) is 0. The van der Waals surface area contributed by atoms with Gasteiger partial charge in [0.05, 0.1) is 17.5 Å². The van der Waals surface area contributed by atoms with E-state index < -0.39 is 0 Å². The first-order chi connectivity index (χ1) is 13.0. The normalized spacial score (nSPS) is 25.7. The van der Waals surface area contributed by atoms with Crippen molar-refractivity contribution in [1.29, 1.82) is 0 Å². The summed E-state index contributed by atoms with van der Waals surface area (Å²) in [6, 6.07) is 1.98. The number of hydrogen-bond acceptors (Lipinski definition) is 5. The molecule has 0 aliphatic carbocycles. The van der Waals surface area contributed by atoms with Crippen LogP contribution in [-0.4, -0.2) is 77.0 Å². The summed E-state index contributed by atoms with van der Waals surface area (Å²) in [5.74, 6) is 0.190. The highest BCUT2D eigenvalue weighted by molar-refractivity contribution is 7.12. The zero-order valence-electron chi connectivity index (χ0n) is 15.7. The number of rotatable bonds is 3. The van der Waals surface area contributed by atoms with Crippen LogP contribution < -0.4 is 0 Å². The molecule has 0 N–H and O–H groups in total. The average molecular weight is 391 g/mol. The van der Waals surface area contributed by atoms with Gasteiger partial charge < -0.3 is 14.5 Å². The molecule has 4 rings (SSSR count). The Kier molecular flexibility index (Phi) is 4.84. The molecule has 4 heterocycles. The molecule has 0 bridgehead atoms. The Labute approximate surface area is 162 Å². The third-order valence-corrected chi connectivity index (χ3v) is 6.92. The second-order valence-corrected chi connectivity index (χ2v) is 8.42. The molecule has 0 spiro atoms. The van der Waals surface area contributed by atoms with E-state index in [1.807, 2.05) is 35.1 Å². The quantitative estimate of drug-likeness (QED) is 0.791. The van der Waals surface area contributed by atoms with Crippen molar-refractivity contribution < 1.29 is 19.1 Å². The van der Waals surface area contributed by atoms with E-state index in [1.54, 1.807) is 4.90 Å². The minimum Gasteiger partial charge on any atom is -0.442 e. The highest BCUT2D eigenvalue weighted by Gasteiger charge is 2.51. The molecule has 2 atom stereocenters. The van der Waals surface area contributed by atoms with Crippen molar-refractivity contribution in [1.82, 2.24) is 14.7 Å².